The lowest BCUT2D eigenvalue weighted by Crippen LogP contribution is -2.29. The molecule has 1 amide bonds. The van der Waals surface area contributed by atoms with E-state index in [1.54, 1.807) is 11.8 Å². The molecule has 6 heteroatoms. The lowest BCUT2D eigenvalue weighted by Gasteiger charge is -2.09. The summed E-state index contributed by atoms with van der Waals surface area (Å²) in [6, 6.07) is 7.55. The second-order valence-electron chi connectivity index (χ2n) is 4.63. The van der Waals surface area contributed by atoms with E-state index in [4.69, 9.17) is 10.3 Å². The van der Waals surface area contributed by atoms with Crippen LogP contribution in [0.2, 0.25) is 0 Å². The van der Waals surface area contributed by atoms with E-state index in [0.717, 1.165) is 27.7 Å². The van der Waals surface area contributed by atoms with Crippen LogP contribution < -0.4 is 11.1 Å². The lowest BCUT2D eigenvalue weighted by atomic mass is 10.2. The summed E-state index contributed by atoms with van der Waals surface area (Å²) in [6.45, 7) is 4.73. The highest BCUT2D eigenvalue weighted by molar-refractivity contribution is 7.98. The number of amides is 1. The van der Waals surface area contributed by atoms with Gasteiger partial charge in [0.15, 0.2) is 0 Å². The molecule has 1 aromatic heterocycles. The van der Waals surface area contributed by atoms with Crippen LogP contribution in [-0.4, -0.2) is 24.2 Å². The Balaban J connectivity index is 2.12. The summed E-state index contributed by atoms with van der Waals surface area (Å²) < 4.78 is 5.16. The van der Waals surface area contributed by atoms with Crippen LogP contribution in [0.4, 0.5) is 0 Å². The monoisotopic (exact) mass is 305 g/mol. The molecule has 112 valence electrons. The molecule has 0 aliphatic carbocycles. The SMILES string of the molecule is Cc1noc(C)c1CSc1ccccc1C(=O)NCCN. The molecule has 3 N–H and O–H groups in total. The average molecular weight is 305 g/mol. The van der Waals surface area contributed by atoms with Crippen LogP contribution in [0.25, 0.3) is 0 Å². The number of benzene rings is 1. The topological polar surface area (TPSA) is 81.2 Å². The summed E-state index contributed by atoms with van der Waals surface area (Å²) in [5, 5.41) is 6.74. The molecule has 0 unspecified atom stereocenters. The Hall–Kier alpha value is -1.79. The summed E-state index contributed by atoms with van der Waals surface area (Å²) in [5.41, 5.74) is 8.06. The van der Waals surface area contributed by atoms with Crippen LogP contribution in [0.5, 0.6) is 0 Å². The van der Waals surface area contributed by atoms with Crippen LogP contribution in [0, 0.1) is 13.8 Å². The van der Waals surface area contributed by atoms with Gasteiger partial charge in [-0.05, 0) is 26.0 Å². The van der Waals surface area contributed by atoms with Crippen molar-refractivity contribution >= 4 is 17.7 Å². The van der Waals surface area contributed by atoms with E-state index in [2.05, 4.69) is 10.5 Å². The smallest absolute Gasteiger partial charge is 0.252 e. The van der Waals surface area contributed by atoms with Gasteiger partial charge in [0, 0.05) is 29.3 Å². The molecule has 2 aromatic rings. The molecular weight excluding hydrogens is 286 g/mol. The number of nitrogens with one attached hydrogen (secondary N) is 1. The molecule has 0 bridgehead atoms. The van der Waals surface area contributed by atoms with Crippen molar-refractivity contribution in [1.29, 1.82) is 0 Å². The van der Waals surface area contributed by atoms with Gasteiger partial charge in [-0.2, -0.15) is 0 Å². The minimum Gasteiger partial charge on any atom is -0.361 e. The van der Waals surface area contributed by atoms with E-state index in [-0.39, 0.29) is 5.91 Å². The standard InChI is InChI=1S/C15H19N3O2S/c1-10-13(11(2)20-18-10)9-21-14-6-4-3-5-12(14)15(19)17-8-7-16/h3-6H,7-9,16H2,1-2H3,(H,17,19). The number of hydrogen-bond donors (Lipinski definition) is 2. The maximum Gasteiger partial charge on any atom is 0.252 e. The van der Waals surface area contributed by atoms with Crippen LogP contribution in [0.3, 0.4) is 0 Å². The predicted molar refractivity (Wildman–Crippen MR) is 83.4 cm³/mol. The molecule has 0 spiro atoms. The zero-order chi connectivity index (χ0) is 15.2. The highest BCUT2D eigenvalue weighted by atomic mass is 32.2. The van der Waals surface area contributed by atoms with E-state index >= 15 is 0 Å². The Bertz CT molecular complexity index is 606. The van der Waals surface area contributed by atoms with Crippen molar-refractivity contribution in [3.8, 4) is 0 Å². The number of aromatic nitrogens is 1. The molecule has 21 heavy (non-hydrogen) atoms. The number of nitrogens with zero attached hydrogens (tertiary/aromatic N) is 1. The minimum atomic E-state index is -0.0951. The Morgan fingerprint density at radius 2 is 2.14 bits per heavy atom. The highest BCUT2D eigenvalue weighted by Gasteiger charge is 2.13. The molecular formula is C15H19N3O2S. The van der Waals surface area contributed by atoms with Gasteiger partial charge >= 0.3 is 0 Å². The van der Waals surface area contributed by atoms with Gasteiger partial charge in [-0.1, -0.05) is 17.3 Å². The van der Waals surface area contributed by atoms with Crippen molar-refractivity contribution in [3.63, 3.8) is 0 Å². The molecule has 0 radical (unpaired) electrons. The first-order chi connectivity index (χ1) is 10.1. The Labute approximate surface area is 128 Å². The molecule has 1 aromatic carbocycles. The van der Waals surface area contributed by atoms with Gasteiger partial charge in [-0.15, -0.1) is 11.8 Å². The number of rotatable bonds is 6. The zero-order valence-corrected chi connectivity index (χ0v) is 13.0. The molecule has 0 saturated heterocycles. The minimum absolute atomic E-state index is 0.0951. The van der Waals surface area contributed by atoms with Gasteiger partial charge in [0.1, 0.15) is 5.76 Å². The van der Waals surface area contributed by atoms with E-state index in [0.29, 0.717) is 18.7 Å². The number of hydrogen-bond acceptors (Lipinski definition) is 5. The molecule has 0 saturated carbocycles. The number of carbonyl (C=O) groups is 1. The van der Waals surface area contributed by atoms with Gasteiger partial charge in [0.25, 0.3) is 5.91 Å². The maximum absolute atomic E-state index is 12.1. The van der Waals surface area contributed by atoms with Crippen molar-refractivity contribution in [1.82, 2.24) is 10.5 Å². The van der Waals surface area contributed by atoms with Gasteiger partial charge in [-0.25, -0.2) is 0 Å². The molecule has 2 rings (SSSR count). The number of nitrogens with two attached hydrogens (primary N) is 1. The second kappa shape index (κ2) is 7.28. The Kier molecular flexibility index (Phi) is 5.41. The van der Waals surface area contributed by atoms with Crippen molar-refractivity contribution in [2.75, 3.05) is 13.1 Å². The van der Waals surface area contributed by atoms with Crippen molar-refractivity contribution in [3.05, 3.63) is 46.8 Å². The molecule has 0 aliphatic rings. The third-order valence-electron chi connectivity index (χ3n) is 3.11. The molecule has 0 atom stereocenters. The quantitative estimate of drug-likeness (QED) is 0.800. The largest absolute Gasteiger partial charge is 0.361 e. The van der Waals surface area contributed by atoms with Gasteiger partial charge < -0.3 is 15.6 Å². The first-order valence-electron chi connectivity index (χ1n) is 6.75. The summed E-state index contributed by atoms with van der Waals surface area (Å²) in [6.07, 6.45) is 0. The first kappa shape index (κ1) is 15.6. The van der Waals surface area contributed by atoms with Crippen LogP contribution in [-0.2, 0) is 5.75 Å². The Morgan fingerprint density at radius 1 is 1.38 bits per heavy atom. The molecule has 1 heterocycles. The predicted octanol–water partition coefficient (Wildman–Crippen LogP) is 2.27. The molecule has 0 fully saturated rings. The summed E-state index contributed by atoms with van der Waals surface area (Å²) in [4.78, 5) is 13.0. The first-order valence-corrected chi connectivity index (χ1v) is 7.74. The maximum atomic E-state index is 12.1. The third kappa shape index (κ3) is 3.86. The zero-order valence-electron chi connectivity index (χ0n) is 12.2. The fourth-order valence-corrected chi connectivity index (χ4v) is 3.12. The van der Waals surface area contributed by atoms with E-state index in [1.807, 2.05) is 38.1 Å². The van der Waals surface area contributed by atoms with Gasteiger partial charge in [0.2, 0.25) is 0 Å². The lowest BCUT2D eigenvalue weighted by molar-refractivity contribution is 0.0952. The second-order valence-corrected chi connectivity index (χ2v) is 5.65. The summed E-state index contributed by atoms with van der Waals surface area (Å²) in [7, 11) is 0. The summed E-state index contributed by atoms with van der Waals surface area (Å²) in [5.74, 6) is 1.45. The van der Waals surface area contributed by atoms with Crippen LogP contribution >= 0.6 is 11.8 Å². The van der Waals surface area contributed by atoms with E-state index in [9.17, 15) is 4.79 Å². The molecule has 0 aliphatic heterocycles. The molecule has 5 nitrogen and oxygen atoms in total. The fraction of sp³-hybridized carbons (Fsp3) is 0.333. The van der Waals surface area contributed by atoms with Crippen LogP contribution in [0.15, 0.2) is 33.7 Å². The number of thioether (sulfide) groups is 1. The van der Waals surface area contributed by atoms with E-state index in [1.165, 1.54) is 0 Å². The average Bonchev–Trinajstić information content (AvgIpc) is 2.82. The highest BCUT2D eigenvalue weighted by Crippen LogP contribution is 2.28. The van der Waals surface area contributed by atoms with Crippen molar-refractivity contribution < 1.29 is 9.32 Å². The number of carbonyl (C=O) groups excluding carboxylic acids is 1. The fourth-order valence-electron chi connectivity index (χ4n) is 1.92. The van der Waals surface area contributed by atoms with Gasteiger partial charge in [0.05, 0.1) is 11.3 Å². The normalized spacial score (nSPS) is 10.6. The number of aryl methyl sites for hydroxylation is 2. The summed E-state index contributed by atoms with van der Waals surface area (Å²) >= 11 is 1.60. The van der Waals surface area contributed by atoms with E-state index < -0.39 is 0 Å². The third-order valence-corrected chi connectivity index (χ3v) is 4.21. The van der Waals surface area contributed by atoms with Crippen molar-refractivity contribution in [2.45, 2.75) is 24.5 Å². The Morgan fingerprint density at radius 3 is 2.81 bits per heavy atom. The van der Waals surface area contributed by atoms with Crippen LogP contribution in [0.1, 0.15) is 27.4 Å². The van der Waals surface area contributed by atoms with Crippen molar-refractivity contribution in [2.24, 2.45) is 5.73 Å². The van der Waals surface area contributed by atoms with Gasteiger partial charge in [-0.3, -0.25) is 4.79 Å².